The second kappa shape index (κ2) is 8.67. The first-order valence-electron chi connectivity index (χ1n) is 8.17. The molecule has 0 spiro atoms. The molecule has 23 heavy (non-hydrogen) atoms. The van der Waals surface area contributed by atoms with Gasteiger partial charge in [-0.05, 0) is 36.3 Å². The quantitative estimate of drug-likeness (QED) is 0.864. The third kappa shape index (κ3) is 5.79. The zero-order valence-corrected chi connectivity index (χ0v) is 15.3. The van der Waals surface area contributed by atoms with Crippen molar-refractivity contribution < 1.29 is 4.79 Å². The number of hydrogen-bond donors (Lipinski definition) is 2. The van der Waals surface area contributed by atoms with E-state index in [1.807, 2.05) is 12.1 Å². The van der Waals surface area contributed by atoms with Crippen LogP contribution in [0.25, 0.3) is 0 Å². The van der Waals surface area contributed by atoms with Crippen LogP contribution in [-0.2, 0) is 11.2 Å². The lowest BCUT2D eigenvalue weighted by atomic mass is 9.80. The molecule has 0 bridgehead atoms. The number of carbonyl (C=O) groups is 1. The van der Waals surface area contributed by atoms with Gasteiger partial charge in [-0.15, -0.1) is 12.4 Å². The second-order valence-electron chi connectivity index (χ2n) is 7.12. The summed E-state index contributed by atoms with van der Waals surface area (Å²) in [6.07, 6.45) is 1.85. The van der Waals surface area contributed by atoms with Gasteiger partial charge in [-0.2, -0.15) is 0 Å². The van der Waals surface area contributed by atoms with Crippen molar-refractivity contribution in [2.75, 3.05) is 26.2 Å². The van der Waals surface area contributed by atoms with E-state index in [0.29, 0.717) is 13.1 Å². The average molecular weight is 340 g/mol. The van der Waals surface area contributed by atoms with Crippen molar-refractivity contribution in [2.24, 2.45) is 11.1 Å². The minimum Gasteiger partial charge on any atom is -0.355 e. The summed E-state index contributed by atoms with van der Waals surface area (Å²) in [6.45, 7) is 9.44. The molecule has 1 amide bonds. The number of carbonyl (C=O) groups excluding carboxylic acids is 1. The number of rotatable bonds is 5. The molecule has 5 heteroatoms. The number of piperidine rings is 1. The molecule has 1 aromatic rings. The Hall–Kier alpha value is -1.10. The van der Waals surface area contributed by atoms with Gasteiger partial charge in [0.05, 0.1) is 6.54 Å². The first-order valence-corrected chi connectivity index (χ1v) is 8.17. The molecular formula is C18H30ClN3O. The van der Waals surface area contributed by atoms with Gasteiger partial charge >= 0.3 is 0 Å². The Balaban J connectivity index is 0.00000264. The molecule has 1 atom stereocenters. The summed E-state index contributed by atoms with van der Waals surface area (Å²) in [6, 6.07) is 8.54. The summed E-state index contributed by atoms with van der Waals surface area (Å²) in [7, 11) is 0. The Morgan fingerprint density at radius 1 is 1.39 bits per heavy atom. The lowest BCUT2D eigenvalue weighted by molar-refractivity contribution is -0.123. The maximum Gasteiger partial charge on any atom is 0.234 e. The normalized spacial score (nSPS) is 20.6. The first kappa shape index (κ1) is 19.9. The number of hydrogen-bond acceptors (Lipinski definition) is 3. The maximum absolute atomic E-state index is 12.1. The molecule has 0 saturated carbocycles. The number of nitrogens with zero attached hydrogens (tertiary/aromatic N) is 1. The van der Waals surface area contributed by atoms with Gasteiger partial charge < -0.3 is 11.1 Å². The maximum atomic E-state index is 12.1. The van der Waals surface area contributed by atoms with Crippen molar-refractivity contribution in [3.05, 3.63) is 35.4 Å². The topological polar surface area (TPSA) is 58.4 Å². The first-order chi connectivity index (χ1) is 10.4. The third-order valence-corrected chi connectivity index (χ3v) is 4.74. The monoisotopic (exact) mass is 339 g/mol. The minimum atomic E-state index is 0. The number of likely N-dealkylation sites (tertiary alicyclic amines) is 1. The Labute approximate surface area is 146 Å². The van der Waals surface area contributed by atoms with Gasteiger partial charge in [0.1, 0.15) is 0 Å². The van der Waals surface area contributed by atoms with E-state index in [2.05, 4.69) is 43.1 Å². The Morgan fingerprint density at radius 2 is 2.09 bits per heavy atom. The molecule has 1 fully saturated rings. The van der Waals surface area contributed by atoms with E-state index >= 15 is 0 Å². The van der Waals surface area contributed by atoms with Gasteiger partial charge in [0.25, 0.3) is 0 Å². The fourth-order valence-corrected chi connectivity index (χ4v) is 3.11. The molecule has 3 N–H and O–H groups in total. The van der Waals surface area contributed by atoms with Crippen molar-refractivity contribution in [1.29, 1.82) is 0 Å². The van der Waals surface area contributed by atoms with Crippen LogP contribution in [0.5, 0.6) is 0 Å². The molecule has 0 radical (unpaired) electrons. The molecule has 1 aliphatic rings. The van der Waals surface area contributed by atoms with Crippen molar-refractivity contribution in [3.8, 4) is 0 Å². The molecule has 0 aliphatic carbocycles. The fourth-order valence-electron chi connectivity index (χ4n) is 3.11. The van der Waals surface area contributed by atoms with Crippen LogP contribution in [0.3, 0.4) is 0 Å². The number of aryl methyl sites for hydroxylation is 1. The molecular weight excluding hydrogens is 310 g/mol. The third-order valence-electron chi connectivity index (χ3n) is 4.74. The van der Waals surface area contributed by atoms with Crippen LogP contribution in [0.1, 0.15) is 31.4 Å². The molecule has 130 valence electrons. The molecule has 1 unspecified atom stereocenters. The van der Waals surface area contributed by atoms with E-state index in [1.165, 1.54) is 11.1 Å². The van der Waals surface area contributed by atoms with Gasteiger partial charge in [0.2, 0.25) is 5.91 Å². The van der Waals surface area contributed by atoms with Crippen molar-refractivity contribution in [1.82, 2.24) is 10.2 Å². The van der Waals surface area contributed by atoms with Gasteiger partial charge in [-0.3, -0.25) is 9.69 Å². The standard InChI is InChI=1S/C18H29N3O.ClH/c1-14-6-4-5-7-15(14)8-10-20-17(22)12-21-11-9-16(19)18(2,3)13-21;/h4-7,16H,8-13,19H2,1-3H3,(H,20,22);1H. The highest BCUT2D eigenvalue weighted by molar-refractivity contribution is 5.85. The predicted octanol–water partition coefficient (Wildman–Crippen LogP) is 2.13. The highest BCUT2D eigenvalue weighted by Crippen LogP contribution is 2.27. The molecule has 1 aromatic carbocycles. The molecule has 1 aliphatic heterocycles. The molecule has 0 aromatic heterocycles. The van der Waals surface area contributed by atoms with Gasteiger partial charge in [-0.1, -0.05) is 38.1 Å². The van der Waals surface area contributed by atoms with Crippen LogP contribution in [0.4, 0.5) is 0 Å². The predicted molar refractivity (Wildman–Crippen MR) is 98.0 cm³/mol. The van der Waals surface area contributed by atoms with E-state index in [0.717, 1.165) is 25.9 Å². The number of nitrogens with one attached hydrogen (secondary N) is 1. The van der Waals surface area contributed by atoms with E-state index < -0.39 is 0 Å². The number of amides is 1. The summed E-state index contributed by atoms with van der Waals surface area (Å²) in [4.78, 5) is 14.3. The van der Waals surface area contributed by atoms with Crippen LogP contribution in [0.15, 0.2) is 24.3 Å². The zero-order valence-electron chi connectivity index (χ0n) is 14.5. The van der Waals surface area contributed by atoms with E-state index in [4.69, 9.17) is 5.73 Å². The van der Waals surface area contributed by atoms with Gasteiger partial charge in [0.15, 0.2) is 0 Å². The highest BCUT2D eigenvalue weighted by atomic mass is 35.5. The van der Waals surface area contributed by atoms with Crippen LogP contribution >= 0.6 is 12.4 Å². The lowest BCUT2D eigenvalue weighted by Crippen LogP contribution is -2.54. The molecule has 4 nitrogen and oxygen atoms in total. The van der Waals surface area contributed by atoms with Crippen LogP contribution in [0, 0.1) is 12.3 Å². The van der Waals surface area contributed by atoms with Crippen molar-refractivity contribution in [3.63, 3.8) is 0 Å². The summed E-state index contributed by atoms with van der Waals surface area (Å²) in [5, 5.41) is 3.03. The number of benzene rings is 1. The van der Waals surface area contributed by atoms with Crippen LogP contribution in [0.2, 0.25) is 0 Å². The van der Waals surface area contributed by atoms with E-state index in [1.54, 1.807) is 0 Å². The van der Waals surface area contributed by atoms with Crippen molar-refractivity contribution in [2.45, 2.75) is 39.7 Å². The lowest BCUT2D eigenvalue weighted by Gasteiger charge is -2.42. The summed E-state index contributed by atoms with van der Waals surface area (Å²) >= 11 is 0. The SMILES string of the molecule is Cc1ccccc1CCNC(=O)CN1CCC(N)C(C)(C)C1.Cl. The molecule has 2 rings (SSSR count). The van der Waals surface area contributed by atoms with E-state index in [9.17, 15) is 4.79 Å². The Bertz CT molecular complexity index is 519. The Kier molecular flexibility index (Phi) is 7.52. The summed E-state index contributed by atoms with van der Waals surface area (Å²) in [5.74, 6) is 0.111. The molecule has 1 heterocycles. The van der Waals surface area contributed by atoms with Crippen molar-refractivity contribution >= 4 is 18.3 Å². The summed E-state index contributed by atoms with van der Waals surface area (Å²) in [5.41, 5.74) is 8.80. The smallest absolute Gasteiger partial charge is 0.234 e. The average Bonchev–Trinajstić information content (AvgIpc) is 2.45. The van der Waals surface area contributed by atoms with E-state index in [-0.39, 0.29) is 29.8 Å². The van der Waals surface area contributed by atoms with Crippen LogP contribution < -0.4 is 11.1 Å². The Morgan fingerprint density at radius 3 is 2.74 bits per heavy atom. The minimum absolute atomic E-state index is 0. The van der Waals surface area contributed by atoms with Crippen LogP contribution in [-0.4, -0.2) is 43.0 Å². The van der Waals surface area contributed by atoms with Gasteiger partial charge in [0, 0.05) is 25.7 Å². The summed E-state index contributed by atoms with van der Waals surface area (Å²) < 4.78 is 0. The number of nitrogens with two attached hydrogens (primary N) is 1. The largest absolute Gasteiger partial charge is 0.355 e. The fraction of sp³-hybridized carbons (Fsp3) is 0.611. The second-order valence-corrected chi connectivity index (χ2v) is 7.12. The molecule has 1 saturated heterocycles. The number of halogens is 1. The zero-order chi connectivity index (χ0) is 16.2. The highest BCUT2D eigenvalue weighted by Gasteiger charge is 2.33. The van der Waals surface area contributed by atoms with Gasteiger partial charge in [-0.25, -0.2) is 0 Å².